The molecule has 2 N–H and O–H groups in total. The Labute approximate surface area is 197 Å². The van der Waals surface area contributed by atoms with Crippen molar-refractivity contribution < 1.29 is 14.2 Å². The van der Waals surface area contributed by atoms with Gasteiger partial charge in [-0.25, -0.2) is 4.99 Å². The van der Waals surface area contributed by atoms with Crippen molar-refractivity contribution >= 4 is 29.9 Å². The number of aliphatic imine (C=N–C) groups is 1. The van der Waals surface area contributed by atoms with E-state index in [-0.39, 0.29) is 24.0 Å². The highest BCUT2D eigenvalue weighted by Gasteiger charge is 2.17. The van der Waals surface area contributed by atoms with Crippen molar-refractivity contribution in [3.05, 3.63) is 29.3 Å². The fourth-order valence-corrected chi connectivity index (χ4v) is 3.51. The van der Waals surface area contributed by atoms with Crippen LogP contribution in [0.2, 0.25) is 0 Å². The second-order valence-electron chi connectivity index (χ2n) is 7.73. The van der Waals surface area contributed by atoms with Crippen molar-refractivity contribution in [1.29, 1.82) is 0 Å². The third-order valence-electron chi connectivity index (χ3n) is 5.30. The maximum atomic E-state index is 6.15. The van der Waals surface area contributed by atoms with Crippen LogP contribution >= 0.6 is 24.0 Å². The van der Waals surface area contributed by atoms with Crippen molar-refractivity contribution in [2.75, 3.05) is 65.8 Å². The van der Waals surface area contributed by atoms with Crippen molar-refractivity contribution in [3.63, 3.8) is 0 Å². The van der Waals surface area contributed by atoms with Crippen molar-refractivity contribution in [2.24, 2.45) is 10.9 Å². The summed E-state index contributed by atoms with van der Waals surface area (Å²) in [5.74, 6) is 2.27. The number of nitrogens with one attached hydrogen (secondary N) is 2. The number of aryl methyl sites for hydroxylation is 1. The van der Waals surface area contributed by atoms with Gasteiger partial charge >= 0.3 is 0 Å². The second kappa shape index (κ2) is 14.1. The number of hydrogen-bond donors (Lipinski definition) is 2. The normalized spacial score (nSPS) is 19.9. The molecule has 0 radical (unpaired) electrons. The first kappa shape index (κ1) is 25.2. The molecule has 170 valence electrons. The van der Waals surface area contributed by atoms with E-state index in [0.717, 1.165) is 82.8 Å². The number of ether oxygens (including phenoxy) is 3. The van der Waals surface area contributed by atoms with Crippen LogP contribution in [-0.4, -0.2) is 76.6 Å². The number of guanidine groups is 1. The summed E-state index contributed by atoms with van der Waals surface area (Å²) in [6, 6.07) is 6.35. The molecular formula is C22H37IN4O3. The second-order valence-corrected chi connectivity index (χ2v) is 7.73. The van der Waals surface area contributed by atoms with Crippen LogP contribution in [0.25, 0.3) is 0 Å². The van der Waals surface area contributed by atoms with E-state index in [0.29, 0.717) is 19.1 Å². The van der Waals surface area contributed by atoms with E-state index < -0.39 is 0 Å². The van der Waals surface area contributed by atoms with Gasteiger partial charge in [-0.3, -0.25) is 4.90 Å². The zero-order valence-electron chi connectivity index (χ0n) is 18.3. The molecular weight excluding hydrogens is 495 g/mol. The minimum atomic E-state index is 0. The standard InChI is InChI=1S/C22H36N4O3.HI/c1-3-23-22(24-7-8-26-9-12-27-13-10-26)25-15-20-5-4-18(2)14-21(20)29-17-19-6-11-28-16-19;/h4-5,14,19H,3,6-13,15-17H2,1-2H3,(H2,23,24,25);1H. The first-order chi connectivity index (χ1) is 14.2. The van der Waals surface area contributed by atoms with Crippen LogP contribution in [0.5, 0.6) is 5.75 Å². The molecule has 0 aliphatic carbocycles. The molecule has 2 fully saturated rings. The molecule has 0 bridgehead atoms. The highest BCUT2D eigenvalue weighted by molar-refractivity contribution is 14.0. The number of benzene rings is 1. The lowest BCUT2D eigenvalue weighted by molar-refractivity contribution is 0.0389. The molecule has 2 aliphatic rings. The number of rotatable bonds is 9. The zero-order valence-corrected chi connectivity index (χ0v) is 20.7. The summed E-state index contributed by atoms with van der Waals surface area (Å²) >= 11 is 0. The van der Waals surface area contributed by atoms with Gasteiger partial charge in [0, 0.05) is 50.8 Å². The topological polar surface area (TPSA) is 67.4 Å². The maximum Gasteiger partial charge on any atom is 0.191 e. The van der Waals surface area contributed by atoms with Gasteiger partial charge in [0.05, 0.1) is 33.0 Å². The molecule has 7 nitrogen and oxygen atoms in total. The quantitative estimate of drug-likeness (QED) is 0.290. The molecule has 1 aromatic carbocycles. The van der Waals surface area contributed by atoms with Crippen LogP contribution in [-0.2, 0) is 16.0 Å². The molecule has 0 spiro atoms. The molecule has 2 saturated heterocycles. The van der Waals surface area contributed by atoms with Gasteiger partial charge in [-0.05, 0) is 31.9 Å². The molecule has 1 atom stereocenters. The lowest BCUT2D eigenvalue weighted by atomic mass is 10.1. The summed E-state index contributed by atoms with van der Waals surface area (Å²) in [6.07, 6.45) is 1.08. The Hall–Kier alpha value is -1.10. The SMILES string of the molecule is CCNC(=NCc1ccc(C)cc1OCC1CCOC1)NCCN1CCOCC1.I. The number of nitrogens with zero attached hydrogens (tertiary/aromatic N) is 2. The first-order valence-electron chi connectivity index (χ1n) is 10.9. The lowest BCUT2D eigenvalue weighted by Crippen LogP contribution is -2.44. The van der Waals surface area contributed by atoms with E-state index in [1.165, 1.54) is 5.56 Å². The highest BCUT2D eigenvalue weighted by Crippen LogP contribution is 2.23. The fourth-order valence-electron chi connectivity index (χ4n) is 3.51. The molecule has 2 heterocycles. The zero-order chi connectivity index (χ0) is 20.3. The minimum Gasteiger partial charge on any atom is -0.493 e. The van der Waals surface area contributed by atoms with Crippen LogP contribution in [0.1, 0.15) is 24.5 Å². The summed E-state index contributed by atoms with van der Waals surface area (Å²) in [5.41, 5.74) is 2.31. The van der Waals surface area contributed by atoms with Crippen LogP contribution in [0.4, 0.5) is 0 Å². The Morgan fingerprint density at radius 3 is 2.77 bits per heavy atom. The smallest absolute Gasteiger partial charge is 0.191 e. The summed E-state index contributed by atoms with van der Waals surface area (Å²) in [5, 5.41) is 6.78. The van der Waals surface area contributed by atoms with E-state index >= 15 is 0 Å². The van der Waals surface area contributed by atoms with Gasteiger partial charge in [-0.2, -0.15) is 0 Å². The molecule has 2 aliphatic heterocycles. The third-order valence-corrected chi connectivity index (χ3v) is 5.30. The molecule has 1 unspecified atom stereocenters. The van der Waals surface area contributed by atoms with Crippen LogP contribution in [0.3, 0.4) is 0 Å². The van der Waals surface area contributed by atoms with Gasteiger partial charge in [-0.1, -0.05) is 12.1 Å². The van der Waals surface area contributed by atoms with Gasteiger partial charge < -0.3 is 24.8 Å². The average Bonchev–Trinajstić information content (AvgIpc) is 3.26. The summed E-state index contributed by atoms with van der Waals surface area (Å²) < 4.78 is 17.0. The molecule has 8 heteroatoms. The monoisotopic (exact) mass is 532 g/mol. The summed E-state index contributed by atoms with van der Waals surface area (Å²) in [4.78, 5) is 7.20. The fraction of sp³-hybridized carbons (Fsp3) is 0.682. The highest BCUT2D eigenvalue weighted by atomic mass is 127. The van der Waals surface area contributed by atoms with Crippen molar-refractivity contribution in [2.45, 2.75) is 26.8 Å². The summed E-state index contributed by atoms with van der Waals surface area (Å²) in [6.45, 7) is 13.5. The largest absolute Gasteiger partial charge is 0.493 e. The van der Waals surface area contributed by atoms with Gasteiger partial charge in [0.1, 0.15) is 5.75 Å². The predicted octanol–water partition coefficient (Wildman–Crippen LogP) is 2.42. The van der Waals surface area contributed by atoms with Crippen LogP contribution in [0, 0.1) is 12.8 Å². The Bertz CT molecular complexity index is 647. The molecule has 30 heavy (non-hydrogen) atoms. The van der Waals surface area contributed by atoms with Gasteiger partial charge in [0.2, 0.25) is 0 Å². The van der Waals surface area contributed by atoms with E-state index in [2.05, 4.69) is 47.6 Å². The van der Waals surface area contributed by atoms with E-state index in [1.807, 2.05) is 0 Å². The molecule has 0 saturated carbocycles. The van der Waals surface area contributed by atoms with E-state index in [9.17, 15) is 0 Å². The van der Waals surface area contributed by atoms with E-state index in [1.54, 1.807) is 0 Å². The Morgan fingerprint density at radius 1 is 1.20 bits per heavy atom. The van der Waals surface area contributed by atoms with Crippen molar-refractivity contribution in [3.8, 4) is 5.75 Å². The minimum absolute atomic E-state index is 0. The summed E-state index contributed by atoms with van der Waals surface area (Å²) in [7, 11) is 0. The first-order valence-corrected chi connectivity index (χ1v) is 10.9. The molecule has 1 aromatic rings. The third kappa shape index (κ3) is 8.56. The van der Waals surface area contributed by atoms with E-state index in [4.69, 9.17) is 19.2 Å². The van der Waals surface area contributed by atoms with Gasteiger partial charge in [-0.15, -0.1) is 24.0 Å². The van der Waals surface area contributed by atoms with Crippen LogP contribution < -0.4 is 15.4 Å². The number of halogens is 1. The Kier molecular flexibility index (Phi) is 11.8. The number of hydrogen-bond acceptors (Lipinski definition) is 5. The lowest BCUT2D eigenvalue weighted by Gasteiger charge is -2.26. The molecule has 0 aromatic heterocycles. The maximum absolute atomic E-state index is 6.15. The average molecular weight is 532 g/mol. The van der Waals surface area contributed by atoms with Crippen molar-refractivity contribution in [1.82, 2.24) is 15.5 Å². The Morgan fingerprint density at radius 2 is 2.03 bits per heavy atom. The molecule has 3 rings (SSSR count). The predicted molar refractivity (Wildman–Crippen MR) is 131 cm³/mol. The molecule has 0 amide bonds. The van der Waals surface area contributed by atoms with Gasteiger partial charge in [0.15, 0.2) is 5.96 Å². The number of morpholine rings is 1. The Balaban J connectivity index is 0.00000320. The van der Waals surface area contributed by atoms with Crippen LogP contribution in [0.15, 0.2) is 23.2 Å². The van der Waals surface area contributed by atoms with Gasteiger partial charge in [0.25, 0.3) is 0 Å².